The summed E-state index contributed by atoms with van der Waals surface area (Å²) in [5.74, 6) is -1.68. The van der Waals surface area contributed by atoms with Crippen LogP contribution < -0.4 is 10.6 Å². The van der Waals surface area contributed by atoms with Gasteiger partial charge in [-0.3, -0.25) is 9.59 Å². The first kappa shape index (κ1) is 55.4. The highest BCUT2D eigenvalue weighted by Crippen LogP contribution is 2.46. The van der Waals surface area contributed by atoms with Crippen LogP contribution in [0.25, 0.3) is 0 Å². The van der Waals surface area contributed by atoms with Gasteiger partial charge >= 0.3 is 11.9 Å². The summed E-state index contributed by atoms with van der Waals surface area (Å²) in [4.78, 5) is 46.1. The minimum atomic E-state index is -1.29. The van der Waals surface area contributed by atoms with Crippen molar-refractivity contribution >= 4 is 93.1 Å². The predicted octanol–water partition coefficient (Wildman–Crippen LogP) is 15.4. The zero-order chi connectivity index (χ0) is 51.4. The summed E-state index contributed by atoms with van der Waals surface area (Å²) >= 11 is 29.9. The number of halogens is 5. The third-order valence-corrected chi connectivity index (χ3v) is 13.3. The Kier molecular flexibility index (Phi) is 19.1. The van der Waals surface area contributed by atoms with E-state index in [1.807, 2.05) is 134 Å². The summed E-state index contributed by atoms with van der Waals surface area (Å²) in [6.45, 7) is 4.08. The number of carbonyl (C=O) groups excluding carboxylic acids is 3. The maximum atomic E-state index is 13.7. The third-order valence-electron chi connectivity index (χ3n) is 12.0. The molecule has 372 valence electrons. The monoisotopic (exact) mass is 1070 g/mol. The number of carboxylic acids is 1. The van der Waals surface area contributed by atoms with Crippen LogP contribution in [0.2, 0.25) is 10.0 Å². The van der Waals surface area contributed by atoms with Gasteiger partial charge < -0.3 is 20.5 Å². The molecule has 0 saturated heterocycles. The van der Waals surface area contributed by atoms with Gasteiger partial charge in [-0.2, -0.15) is 0 Å². The van der Waals surface area contributed by atoms with E-state index in [1.54, 1.807) is 30.3 Å². The highest BCUT2D eigenvalue weighted by molar-refractivity contribution is 6.40. The fourth-order valence-electron chi connectivity index (χ4n) is 8.41. The molecule has 2 amide bonds. The van der Waals surface area contributed by atoms with Crippen molar-refractivity contribution < 1.29 is 29.0 Å². The predicted molar refractivity (Wildman–Crippen MR) is 297 cm³/mol. The molecule has 13 heteroatoms. The zero-order valence-electron chi connectivity index (χ0n) is 39.0. The Labute approximate surface area is 450 Å². The van der Waals surface area contributed by atoms with Crippen LogP contribution in [0.5, 0.6) is 0 Å². The van der Waals surface area contributed by atoms with Gasteiger partial charge in [0.2, 0.25) is 11.8 Å². The molecule has 0 fully saturated rings. The van der Waals surface area contributed by atoms with Crippen molar-refractivity contribution in [1.29, 1.82) is 0 Å². The van der Waals surface area contributed by atoms with Gasteiger partial charge in [-0.15, -0.1) is 34.8 Å². The summed E-state index contributed by atoms with van der Waals surface area (Å²) in [6.07, 6.45) is 0.650. The molecule has 0 aliphatic carbocycles. The zero-order valence-corrected chi connectivity index (χ0v) is 42.8. The second-order valence-corrected chi connectivity index (χ2v) is 18.9. The van der Waals surface area contributed by atoms with Crippen molar-refractivity contribution in [1.82, 2.24) is 0 Å². The Hall–Kier alpha value is -6.91. The number of anilines is 2. The van der Waals surface area contributed by atoms with Gasteiger partial charge in [0, 0.05) is 43.7 Å². The van der Waals surface area contributed by atoms with E-state index in [0.717, 1.165) is 44.5 Å². The van der Waals surface area contributed by atoms with Crippen LogP contribution in [-0.2, 0) is 37.6 Å². The number of carbonyl (C=O) groups is 4. The van der Waals surface area contributed by atoms with Crippen LogP contribution in [0.1, 0.15) is 83.8 Å². The number of ether oxygens (including phenoxy) is 1. The number of carboxylic acid groups (broad SMARTS) is 1. The number of esters is 1. The Morgan fingerprint density at radius 2 is 0.918 bits per heavy atom. The lowest BCUT2D eigenvalue weighted by molar-refractivity contribution is -0.115. The van der Waals surface area contributed by atoms with E-state index in [1.165, 1.54) is 17.7 Å². The SMILES string of the molecule is C.Cc1ccc(C(Cl)(c2ccccc2)c2ccccc2Cl)cc1.Cc1ccc(C(OC(=O)c2ccc3c(c2)NC(=O)C3)(c2ccccc2)c2ccccc2Cl)cc1.ClCCl.O=C1Cc2ccc(C(=O)O)cc2N1. The van der Waals surface area contributed by atoms with E-state index in [2.05, 4.69) is 41.8 Å². The van der Waals surface area contributed by atoms with E-state index in [4.69, 9.17) is 67.8 Å². The average molecular weight is 1070 g/mol. The Morgan fingerprint density at radius 3 is 1.40 bits per heavy atom. The Morgan fingerprint density at radius 1 is 0.534 bits per heavy atom. The fourth-order valence-corrected chi connectivity index (χ4v) is 9.43. The van der Waals surface area contributed by atoms with Crippen LogP contribution in [0.3, 0.4) is 0 Å². The van der Waals surface area contributed by atoms with Crippen LogP contribution in [0, 0.1) is 13.8 Å². The molecule has 2 aliphatic heterocycles. The first-order valence-electron chi connectivity index (χ1n) is 22.6. The molecule has 8 aromatic rings. The molecule has 0 saturated carbocycles. The van der Waals surface area contributed by atoms with Crippen molar-refractivity contribution in [2.45, 2.75) is 44.6 Å². The van der Waals surface area contributed by atoms with Gasteiger partial charge in [0.05, 0.1) is 29.3 Å². The number of hydrogen-bond donors (Lipinski definition) is 3. The minimum Gasteiger partial charge on any atom is -0.478 e. The third kappa shape index (κ3) is 12.8. The molecule has 2 unspecified atom stereocenters. The summed E-state index contributed by atoms with van der Waals surface area (Å²) in [6, 6.07) is 60.8. The lowest BCUT2D eigenvalue weighted by Crippen LogP contribution is -2.35. The van der Waals surface area contributed by atoms with Gasteiger partial charge in [-0.25, -0.2) is 9.59 Å². The molecule has 73 heavy (non-hydrogen) atoms. The largest absolute Gasteiger partial charge is 0.478 e. The Balaban J connectivity index is 0.000000190. The maximum absolute atomic E-state index is 13.7. The topological polar surface area (TPSA) is 122 Å². The van der Waals surface area contributed by atoms with Crippen molar-refractivity contribution in [2.75, 3.05) is 16.0 Å². The maximum Gasteiger partial charge on any atom is 0.339 e. The van der Waals surface area contributed by atoms with E-state index >= 15 is 0 Å². The first-order valence-corrected chi connectivity index (χ1v) is 24.8. The molecule has 2 heterocycles. The van der Waals surface area contributed by atoms with Crippen LogP contribution >= 0.6 is 58.0 Å². The number of nitrogens with one attached hydrogen (secondary N) is 2. The summed E-state index contributed by atoms with van der Waals surface area (Å²) < 4.78 is 6.45. The second kappa shape index (κ2) is 25.2. The number of alkyl halides is 3. The van der Waals surface area contributed by atoms with Gasteiger partial charge in [0.15, 0.2) is 5.60 Å². The van der Waals surface area contributed by atoms with Crippen molar-refractivity contribution in [3.8, 4) is 0 Å². The number of rotatable bonds is 9. The van der Waals surface area contributed by atoms with E-state index in [0.29, 0.717) is 45.4 Å². The molecule has 0 aromatic heterocycles. The average Bonchev–Trinajstić information content (AvgIpc) is 3.97. The van der Waals surface area contributed by atoms with Gasteiger partial charge in [0.25, 0.3) is 0 Å². The molecular formula is C60H51Cl5N2O6. The van der Waals surface area contributed by atoms with Gasteiger partial charge in [-0.05, 0) is 72.5 Å². The lowest BCUT2D eigenvalue weighted by atomic mass is 9.79. The molecular weight excluding hydrogens is 1020 g/mol. The quantitative estimate of drug-likeness (QED) is 0.0752. The standard InChI is InChI=1S/C29H22ClNO3.C20H16Cl2.C9H7NO3.CH2Cl2.CH4/c1-19-11-15-23(16-12-19)29(22-7-3-2-4-8-22,24-9-5-6-10-25(24)30)34-28(33)21-14-13-20-18-27(32)31-26(20)17-21;1-15-11-13-17(14-12-15)20(22,16-7-3-2-4-8-16)18-9-5-6-10-19(18)21;11-8-4-5-1-2-6(9(12)13)3-7(5)10-8;2-1-3;/h2-17H,18H2,1H3,(H,31,32);2-14H,1H3;1-3H,4H2,(H,10,11)(H,12,13);1H2;1H4. The highest BCUT2D eigenvalue weighted by Gasteiger charge is 2.43. The number of aryl methyl sites for hydroxylation is 2. The van der Waals surface area contributed by atoms with E-state index < -0.39 is 22.4 Å². The molecule has 0 bridgehead atoms. The smallest absolute Gasteiger partial charge is 0.339 e. The van der Waals surface area contributed by atoms with Crippen LogP contribution in [-0.4, -0.2) is 34.2 Å². The van der Waals surface area contributed by atoms with E-state index in [-0.39, 0.29) is 30.1 Å². The summed E-state index contributed by atoms with van der Waals surface area (Å²) in [5.41, 5.74) is 9.65. The van der Waals surface area contributed by atoms with Gasteiger partial charge in [0.1, 0.15) is 4.87 Å². The van der Waals surface area contributed by atoms with Crippen molar-refractivity contribution in [3.05, 3.63) is 271 Å². The van der Waals surface area contributed by atoms with Crippen LogP contribution in [0.4, 0.5) is 11.4 Å². The van der Waals surface area contributed by atoms with Crippen molar-refractivity contribution in [2.24, 2.45) is 0 Å². The van der Waals surface area contributed by atoms with Crippen LogP contribution in [0.15, 0.2) is 194 Å². The van der Waals surface area contributed by atoms with E-state index in [9.17, 15) is 19.2 Å². The molecule has 8 nitrogen and oxygen atoms in total. The lowest BCUT2D eigenvalue weighted by Gasteiger charge is -2.36. The molecule has 3 N–H and O–H groups in total. The van der Waals surface area contributed by atoms with Gasteiger partial charge in [-0.1, -0.05) is 199 Å². The molecule has 10 rings (SSSR count). The number of benzene rings is 8. The minimum absolute atomic E-state index is 0. The second-order valence-electron chi connectivity index (χ2n) is 16.8. The number of fused-ring (bicyclic) bond motifs is 2. The molecule has 8 aromatic carbocycles. The normalized spacial score (nSPS) is 13.4. The number of hydrogen-bond acceptors (Lipinski definition) is 5. The van der Waals surface area contributed by atoms with Crippen molar-refractivity contribution in [3.63, 3.8) is 0 Å². The first-order chi connectivity index (χ1) is 34.7. The fraction of sp³-hybridized carbons (Fsp3) is 0.133. The highest BCUT2D eigenvalue weighted by atomic mass is 35.5. The summed E-state index contributed by atoms with van der Waals surface area (Å²) in [5, 5.41) is 15.4. The summed E-state index contributed by atoms with van der Waals surface area (Å²) in [7, 11) is 0. The number of amides is 2. The molecule has 0 spiro atoms. The molecule has 0 radical (unpaired) electrons. The Bertz CT molecular complexity index is 3210. The molecule has 2 atom stereocenters. The number of aromatic carboxylic acids is 1. The molecule has 2 aliphatic rings.